The number of aryl methyl sites for hydroxylation is 1. The molecule has 0 aliphatic heterocycles. The summed E-state index contributed by atoms with van der Waals surface area (Å²) in [6.45, 7) is 2.22. The van der Waals surface area contributed by atoms with Gasteiger partial charge in [-0.15, -0.1) is 13.2 Å². The van der Waals surface area contributed by atoms with E-state index < -0.39 is 17.9 Å². The second-order valence-electron chi connectivity index (χ2n) is 8.29. The Bertz CT molecular complexity index is 1210. The average molecular weight is 452 g/mol. The molecule has 0 amide bonds. The monoisotopic (exact) mass is 452 g/mol. The fraction of sp³-hybridized carbons (Fsp3) is 0.286. The summed E-state index contributed by atoms with van der Waals surface area (Å²) in [5.41, 5.74) is 7.40. The molecule has 0 aromatic heterocycles. The van der Waals surface area contributed by atoms with Gasteiger partial charge in [-0.3, -0.25) is 0 Å². The molecule has 0 atom stereocenters. The van der Waals surface area contributed by atoms with Crippen molar-refractivity contribution in [2.45, 2.75) is 51.8 Å². The molecule has 1 nitrogen and oxygen atoms in total. The van der Waals surface area contributed by atoms with Gasteiger partial charge in [0.05, 0.1) is 0 Å². The lowest BCUT2D eigenvalue weighted by atomic mass is 10.00. The van der Waals surface area contributed by atoms with Crippen LogP contribution < -0.4 is 4.74 Å². The van der Waals surface area contributed by atoms with Crippen LogP contribution in [0.3, 0.4) is 0 Å². The number of hydrogen-bond acceptors (Lipinski definition) is 1. The second-order valence-corrected chi connectivity index (χ2v) is 8.29. The molecular formula is C28H24F4O. The Labute approximate surface area is 191 Å². The zero-order valence-corrected chi connectivity index (χ0v) is 18.4. The van der Waals surface area contributed by atoms with Gasteiger partial charge in [-0.25, -0.2) is 4.39 Å². The number of hydrogen-bond donors (Lipinski definition) is 0. The fourth-order valence-corrected chi connectivity index (χ4v) is 4.18. The minimum atomic E-state index is -4.94. The molecular weight excluding hydrogens is 428 g/mol. The van der Waals surface area contributed by atoms with E-state index in [2.05, 4.69) is 41.7 Å². The van der Waals surface area contributed by atoms with Crippen LogP contribution in [0.4, 0.5) is 17.6 Å². The first kappa shape index (κ1) is 22.9. The van der Waals surface area contributed by atoms with E-state index in [0.29, 0.717) is 0 Å². The number of fused-ring (bicyclic) bond motifs is 3. The zero-order valence-electron chi connectivity index (χ0n) is 18.4. The molecule has 1 aliphatic rings. The van der Waals surface area contributed by atoms with Crippen LogP contribution in [0.1, 0.15) is 60.4 Å². The highest BCUT2D eigenvalue weighted by atomic mass is 19.4. The number of benzene rings is 3. The van der Waals surface area contributed by atoms with E-state index in [-0.39, 0.29) is 5.56 Å². The van der Waals surface area contributed by atoms with Crippen molar-refractivity contribution in [3.63, 3.8) is 0 Å². The molecule has 5 heteroatoms. The molecule has 0 bridgehead atoms. The van der Waals surface area contributed by atoms with Gasteiger partial charge in [-0.2, -0.15) is 0 Å². The van der Waals surface area contributed by atoms with Crippen LogP contribution in [0.5, 0.6) is 5.75 Å². The van der Waals surface area contributed by atoms with Crippen molar-refractivity contribution in [3.8, 4) is 28.7 Å². The first-order valence-electron chi connectivity index (χ1n) is 11.1. The molecule has 0 radical (unpaired) electrons. The SMILES string of the molecule is CCCCCCc1ccc2c(c1)Cc1cc(C#Cc3ccc(OC(F)(F)F)c(F)c3)ccc1-2. The normalized spacial score (nSPS) is 12.0. The van der Waals surface area contributed by atoms with Crippen LogP contribution >= 0.6 is 0 Å². The lowest BCUT2D eigenvalue weighted by Crippen LogP contribution is -2.17. The van der Waals surface area contributed by atoms with Crippen LogP contribution in [0.25, 0.3) is 11.1 Å². The molecule has 0 heterocycles. The Hall–Kier alpha value is -3.26. The standard InChI is InChI=1S/C28H24F4O/c1-2-3-4-5-6-19-9-12-24-22(15-19)18-23-16-20(10-13-25(23)24)7-8-21-11-14-27(26(29)17-21)33-28(30,31)32/h9-17H,2-6,18H2,1H3. The lowest BCUT2D eigenvalue weighted by molar-refractivity contribution is -0.275. The quantitative estimate of drug-likeness (QED) is 0.165. The van der Waals surface area contributed by atoms with E-state index in [1.807, 2.05) is 18.2 Å². The van der Waals surface area contributed by atoms with E-state index in [4.69, 9.17) is 0 Å². The summed E-state index contributed by atoms with van der Waals surface area (Å²) >= 11 is 0. The number of rotatable bonds is 6. The Morgan fingerprint density at radius 2 is 1.48 bits per heavy atom. The smallest absolute Gasteiger partial charge is 0.403 e. The third-order valence-corrected chi connectivity index (χ3v) is 5.77. The topological polar surface area (TPSA) is 9.23 Å². The van der Waals surface area contributed by atoms with Crippen molar-refractivity contribution < 1.29 is 22.3 Å². The molecule has 4 rings (SSSR count). The van der Waals surface area contributed by atoms with Crippen LogP contribution in [0.2, 0.25) is 0 Å². The number of unbranched alkanes of at least 4 members (excludes halogenated alkanes) is 3. The summed E-state index contributed by atoms with van der Waals surface area (Å²) in [6.07, 6.45) is 1.99. The minimum absolute atomic E-state index is 0.276. The molecule has 0 spiro atoms. The second kappa shape index (κ2) is 9.70. The number of halogens is 4. The average Bonchev–Trinajstić information content (AvgIpc) is 3.13. The van der Waals surface area contributed by atoms with Crippen LogP contribution in [0.15, 0.2) is 54.6 Å². The van der Waals surface area contributed by atoms with Gasteiger partial charge < -0.3 is 4.74 Å². The molecule has 1 aliphatic carbocycles. The Morgan fingerprint density at radius 1 is 0.818 bits per heavy atom. The summed E-state index contributed by atoms with van der Waals surface area (Å²) in [7, 11) is 0. The fourth-order valence-electron chi connectivity index (χ4n) is 4.18. The highest BCUT2D eigenvalue weighted by Gasteiger charge is 2.32. The third-order valence-electron chi connectivity index (χ3n) is 5.77. The zero-order chi connectivity index (χ0) is 23.4. The molecule has 0 N–H and O–H groups in total. The van der Waals surface area contributed by atoms with Crippen molar-refractivity contribution in [1.29, 1.82) is 0 Å². The van der Waals surface area contributed by atoms with Gasteiger partial charge in [0, 0.05) is 11.1 Å². The van der Waals surface area contributed by atoms with Crippen molar-refractivity contribution in [1.82, 2.24) is 0 Å². The predicted octanol–water partition coefficient (Wildman–Crippen LogP) is 7.82. The van der Waals surface area contributed by atoms with Crippen molar-refractivity contribution >= 4 is 0 Å². The highest BCUT2D eigenvalue weighted by Crippen LogP contribution is 2.37. The molecule has 0 unspecified atom stereocenters. The van der Waals surface area contributed by atoms with E-state index in [1.165, 1.54) is 59.6 Å². The minimum Gasteiger partial charge on any atom is -0.403 e. The molecule has 0 fully saturated rings. The van der Waals surface area contributed by atoms with E-state index >= 15 is 0 Å². The summed E-state index contributed by atoms with van der Waals surface area (Å²) in [5.74, 6) is 3.83. The number of alkyl halides is 3. The third kappa shape index (κ3) is 5.76. The maximum absolute atomic E-state index is 13.9. The lowest BCUT2D eigenvalue weighted by Gasteiger charge is -2.09. The van der Waals surface area contributed by atoms with E-state index in [1.54, 1.807) is 0 Å². The molecule has 3 aromatic rings. The molecule has 3 aromatic carbocycles. The first-order valence-corrected chi connectivity index (χ1v) is 11.1. The Kier molecular flexibility index (Phi) is 6.74. The highest BCUT2D eigenvalue weighted by molar-refractivity contribution is 5.77. The number of ether oxygens (including phenoxy) is 1. The van der Waals surface area contributed by atoms with Crippen LogP contribution in [-0.4, -0.2) is 6.36 Å². The summed E-state index contributed by atoms with van der Waals surface area (Å²) in [4.78, 5) is 0. The largest absolute Gasteiger partial charge is 0.573 e. The van der Waals surface area contributed by atoms with Gasteiger partial charge in [0.25, 0.3) is 0 Å². The van der Waals surface area contributed by atoms with Gasteiger partial charge >= 0.3 is 6.36 Å². The molecule has 0 saturated heterocycles. The van der Waals surface area contributed by atoms with E-state index in [9.17, 15) is 17.6 Å². The molecule has 0 saturated carbocycles. The van der Waals surface area contributed by atoms with Gasteiger partial charge in [-0.05, 0) is 77.4 Å². The van der Waals surface area contributed by atoms with Gasteiger partial charge in [0.1, 0.15) is 0 Å². The van der Waals surface area contributed by atoms with Gasteiger partial charge in [-0.1, -0.05) is 62.3 Å². The van der Waals surface area contributed by atoms with E-state index in [0.717, 1.165) is 30.5 Å². The van der Waals surface area contributed by atoms with Crippen molar-refractivity contribution in [3.05, 3.63) is 88.2 Å². The maximum atomic E-state index is 13.9. The first-order chi connectivity index (χ1) is 15.8. The summed E-state index contributed by atoms with van der Waals surface area (Å²) in [5, 5.41) is 0. The molecule has 170 valence electrons. The Morgan fingerprint density at radius 3 is 2.18 bits per heavy atom. The maximum Gasteiger partial charge on any atom is 0.573 e. The van der Waals surface area contributed by atoms with Crippen molar-refractivity contribution in [2.75, 3.05) is 0 Å². The van der Waals surface area contributed by atoms with Crippen LogP contribution in [0, 0.1) is 17.7 Å². The summed E-state index contributed by atoms with van der Waals surface area (Å²) < 4.78 is 54.4. The molecule has 33 heavy (non-hydrogen) atoms. The summed E-state index contributed by atoms with van der Waals surface area (Å²) in [6, 6.07) is 15.9. The predicted molar refractivity (Wildman–Crippen MR) is 122 cm³/mol. The van der Waals surface area contributed by atoms with Crippen LogP contribution in [-0.2, 0) is 12.8 Å². The van der Waals surface area contributed by atoms with Crippen molar-refractivity contribution in [2.24, 2.45) is 0 Å². The van der Waals surface area contributed by atoms with Gasteiger partial charge in [0.2, 0.25) is 0 Å². The Balaban J connectivity index is 1.47. The van der Waals surface area contributed by atoms with Gasteiger partial charge in [0.15, 0.2) is 11.6 Å².